The zero-order chi connectivity index (χ0) is 33.2. The van der Waals surface area contributed by atoms with Gasteiger partial charge < -0.3 is 19.3 Å². The maximum Gasteiger partial charge on any atom is 0.412 e. The number of carbonyl (C=O) groups excluding carboxylic acids is 1. The Labute approximate surface area is 274 Å². The van der Waals surface area contributed by atoms with Crippen molar-refractivity contribution in [2.24, 2.45) is 0 Å². The summed E-state index contributed by atoms with van der Waals surface area (Å²) >= 11 is 0. The molecular weight excluding hydrogens is 590 g/mol. The first-order valence-corrected chi connectivity index (χ1v) is 15.3. The van der Waals surface area contributed by atoms with Gasteiger partial charge in [0, 0.05) is 22.5 Å². The molecule has 0 aliphatic heterocycles. The van der Waals surface area contributed by atoms with Gasteiger partial charge in [-0.25, -0.2) is 9.59 Å². The van der Waals surface area contributed by atoms with Crippen molar-refractivity contribution in [3.05, 3.63) is 150 Å². The molecule has 0 heterocycles. The highest BCUT2D eigenvalue weighted by Crippen LogP contribution is 2.31. The fourth-order valence-corrected chi connectivity index (χ4v) is 4.88. The van der Waals surface area contributed by atoms with Crippen molar-refractivity contribution in [2.45, 2.75) is 39.6 Å². The van der Waals surface area contributed by atoms with Crippen molar-refractivity contribution >= 4 is 39.3 Å². The Balaban J connectivity index is 0.000000189. The second kappa shape index (κ2) is 15.0. The van der Waals surface area contributed by atoms with Gasteiger partial charge in [-0.3, -0.25) is 5.32 Å². The Morgan fingerprint density at radius 1 is 0.617 bits per heavy atom. The van der Waals surface area contributed by atoms with E-state index in [0.29, 0.717) is 24.7 Å². The van der Waals surface area contributed by atoms with E-state index in [1.54, 1.807) is 12.1 Å². The van der Waals surface area contributed by atoms with Gasteiger partial charge in [0.2, 0.25) is 0 Å². The van der Waals surface area contributed by atoms with E-state index < -0.39 is 17.7 Å². The Bertz CT molecular complexity index is 1970. The minimum Gasteiger partial charge on any atom is -0.488 e. The molecule has 0 radical (unpaired) electrons. The molecule has 7 heteroatoms. The first-order chi connectivity index (χ1) is 22.6. The summed E-state index contributed by atoms with van der Waals surface area (Å²) in [6.45, 7) is 6.37. The van der Waals surface area contributed by atoms with Crippen LogP contribution in [0.15, 0.2) is 133 Å². The van der Waals surface area contributed by atoms with Crippen LogP contribution in [0, 0.1) is 0 Å². The quantitative estimate of drug-likeness (QED) is 0.174. The van der Waals surface area contributed by atoms with Gasteiger partial charge in [-0.15, -0.1) is 0 Å². The predicted octanol–water partition coefficient (Wildman–Crippen LogP) is 9.88. The highest BCUT2D eigenvalue weighted by molar-refractivity contribution is 5.98. The lowest BCUT2D eigenvalue weighted by molar-refractivity contribution is 0.0634. The van der Waals surface area contributed by atoms with E-state index in [-0.39, 0.29) is 5.56 Å². The Morgan fingerprint density at radius 3 is 1.60 bits per heavy atom. The third-order valence-corrected chi connectivity index (χ3v) is 7.01. The number of nitrogens with one attached hydrogen (secondary N) is 1. The number of carbonyl (C=O) groups is 2. The minimum absolute atomic E-state index is 0.233. The SMILES string of the molecule is CC(C)(C)OC(=O)Nc1cc(OCc2ccccc2)c2ccccc2c1.O=C(O)c1cc(OCc2ccccc2)c2ccccc2c1. The lowest BCUT2D eigenvalue weighted by Crippen LogP contribution is -2.27. The number of carboxylic acids is 1. The van der Waals surface area contributed by atoms with Crippen LogP contribution in [0.2, 0.25) is 0 Å². The van der Waals surface area contributed by atoms with Gasteiger partial charge in [-0.1, -0.05) is 109 Å². The molecular formula is C40H37NO6. The number of fused-ring (bicyclic) bond motifs is 2. The number of benzene rings is 6. The average Bonchev–Trinajstić information content (AvgIpc) is 3.06. The zero-order valence-electron chi connectivity index (χ0n) is 26.6. The molecule has 6 aromatic rings. The molecule has 0 saturated carbocycles. The van der Waals surface area contributed by atoms with Crippen molar-refractivity contribution in [3.63, 3.8) is 0 Å². The number of amides is 1. The van der Waals surface area contributed by atoms with E-state index in [9.17, 15) is 14.7 Å². The molecule has 0 spiro atoms. The number of rotatable bonds is 8. The molecule has 0 aliphatic rings. The molecule has 7 nitrogen and oxygen atoms in total. The van der Waals surface area contributed by atoms with Crippen molar-refractivity contribution in [3.8, 4) is 11.5 Å². The summed E-state index contributed by atoms with van der Waals surface area (Å²) in [5.74, 6) is 0.359. The molecule has 6 rings (SSSR count). The smallest absolute Gasteiger partial charge is 0.412 e. The molecule has 47 heavy (non-hydrogen) atoms. The summed E-state index contributed by atoms with van der Waals surface area (Å²) in [6, 6.07) is 42.3. The van der Waals surface area contributed by atoms with Gasteiger partial charge in [-0.05, 0) is 60.9 Å². The summed E-state index contributed by atoms with van der Waals surface area (Å²) in [5.41, 5.74) is 2.45. The highest BCUT2D eigenvalue weighted by Gasteiger charge is 2.17. The monoisotopic (exact) mass is 627 g/mol. The Hall–Kier alpha value is -5.82. The molecule has 0 fully saturated rings. The second-order valence-corrected chi connectivity index (χ2v) is 11.9. The topological polar surface area (TPSA) is 94.1 Å². The van der Waals surface area contributed by atoms with Crippen LogP contribution in [0.4, 0.5) is 10.5 Å². The molecule has 0 unspecified atom stereocenters. The third kappa shape index (κ3) is 9.34. The van der Waals surface area contributed by atoms with Crippen molar-refractivity contribution in [2.75, 3.05) is 5.32 Å². The van der Waals surface area contributed by atoms with Crippen LogP contribution >= 0.6 is 0 Å². The van der Waals surface area contributed by atoms with Gasteiger partial charge in [0.25, 0.3) is 0 Å². The molecule has 0 aliphatic carbocycles. The predicted molar refractivity (Wildman–Crippen MR) is 186 cm³/mol. The van der Waals surface area contributed by atoms with Crippen LogP contribution in [0.1, 0.15) is 42.3 Å². The molecule has 6 aromatic carbocycles. The summed E-state index contributed by atoms with van der Waals surface area (Å²) < 4.78 is 17.2. The first-order valence-electron chi connectivity index (χ1n) is 15.3. The lowest BCUT2D eigenvalue weighted by Gasteiger charge is -2.20. The standard InChI is InChI=1S/C22H23NO3.C18H14O3/c1-22(2,3)26-21(24)23-18-13-17-11-7-8-12-19(17)20(14-18)25-15-16-9-5-4-6-10-16;19-18(20)15-10-14-8-4-5-9-16(14)17(11-15)21-12-13-6-2-1-3-7-13/h4-14H,15H2,1-3H3,(H,23,24);1-11H,12H2,(H,19,20). The van der Waals surface area contributed by atoms with Crippen LogP contribution in [0.3, 0.4) is 0 Å². The number of hydrogen-bond donors (Lipinski definition) is 2. The Morgan fingerprint density at radius 2 is 1.09 bits per heavy atom. The second-order valence-electron chi connectivity index (χ2n) is 11.9. The largest absolute Gasteiger partial charge is 0.488 e. The van der Waals surface area contributed by atoms with Crippen LogP contribution < -0.4 is 14.8 Å². The molecule has 0 saturated heterocycles. The number of hydrogen-bond acceptors (Lipinski definition) is 5. The minimum atomic E-state index is -0.953. The molecule has 238 valence electrons. The lowest BCUT2D eigenvalue weighted by atomic mass is 10.1. The van der Waals surface area contributed by atoms with Gasteiger partial charge in [0.05, 0.1) is 5.56 Å². The molecule has 0 aromatic heterocycles. The van der Waals surface area contributed by atoms with Gasteiger partial charge >= 0.3 is 12.1 Å². The molecule has 1 amide bonds. The maximum atomic E-state index is 12.1. The fourth-order valence-electron chi connectivity index (χ4n) is 4.88. The summed E-state index contributed by atoms with van der Waals surface area (Å²) in [6.07, 6.45) is -0.484. The first kappa shape index (κ1) is 32.6. The third-order valence-electron chi connectivity index (χ3n) is 7.01. The number of anilines is 1. The van der Waals surface area contributed by atoms with E-state index in [4.69, 9.17) is 14.2 Å². The van der Waals surface area contributed by atoms with E-state index in [2.05, 4.69) is 5.32 Å². The molecule has 0 bridgehead atoms. The van der Waals surface area contributed by atoms with Gasteiger partial charge in [0.15, 0.2) is 0 Å². The highest BCUT2D eigenvalue weighted by atomic mass is 16.6. The van der Waals surface area contributed by atoms with E-state index in [1.807, 2.05) is 142 Å². The van der Waals surface area contributed by atoms with Crippen LogP contribution in [-0.4, -0.2) is 22.8 Å². The number of ether oxygens (including phenoxy) is 3. The van der Waals surface area contributed by atoms with Crippen LogP contribution in [-0.2, 0) is 18.0 Å². The average molecular weight is 628 g/mol. The number of aromatic carboxylic acids is 1. The summed E-state index contributed by atoms with van der Waals surface area (Å²) in [5, 5.41) is 15.8. The van der Waals surface area contributed by atoms with Crippen molar-refractivity contribution in [1.29, 1.82) is 0 Å². The normalized spacial score (nSPS) is 10.9. The molecule has 0 atom stereocenters. The van der Waals surface area contributed by atoms with Gasteiger partial charge in [-0.2, -0.15) is 0 Å². The number of carboxylic acid groups (broad SMARTS) is 1. The van der Waals surface area contributed by atoms with E-state index >= 15 is 0 Å². The summed E-state index contributed by atoms with van der Waals surface area (Å²) in [4.78, 5) is 23.3. The van der Waals surface area contributed by atoms with Crippen LogP contribution in [0.25, 0.3) is 21.5 Å². The summed E-state index contributed by atoms with van der Waals surface area (Å²) in [7, 11) is 0. The molecule has 2 N–H and O–H groups in total. The van der Waals surface area contributed by atoms with E-state index in [0.717, 1.165) is 38.4 Å². The fraction of sp³-hybridized carbons (Fsp3) is 0.150. The van der Waals surface area contributed by atoms with Gasteiger partial charge in [0.1, 0.15) is 30.3 Å². The van der Waals surface area contributed by atoms with Crippen molar-refractivity contribution < 1.29 is 28.9 Å². The van der Waals surface area contributed by atoms with Crippen LogP contribution in [0.5, 0.6) is 11.5 Å². The zero-order valence-corrected chi connectivity index (χ0v) is 26.6. The van der Waals surface area contributed by atoms with Crippen molar-refractivity contribution in [1.82, 2.24) is 0 Å². The maximum absolute atomic E-state index is 12.1. The Kier molecular flexibility index (Phi) is 10.4. The van der Waals surface area contributed by atoms with E-state index in [1.165, 1.54) is 0 Å².